The van der Waals surface area contributed by atoms with Crippen LogP contribution in [-0.2, 0) is 6.42 Å². The van der Waals surface area contributed by atoms with Crippen molar-refractivity contribution in [2.24, 2.45) is 0 Å². The number of rotatable bonds is 2. The third-order valence-corrected chi connectivity index (χ3v) is 3.14. The van der Waals surface area contributed by atoms with Crippen LogP contribution in [-0.4, -0.2) is 22.4 Å². The summed E-state index contributed by atoms with van der Waals surface area (Å²) in [6.07, 6.45) is -7.41. The van der Waals surface area contributed by atoms with Crippen LogP contribution in [0.15, 0.2) is 24.3 Å². The molecule has 2 rings (SSSR count). The van der Waals surface area contributed by atoms with E-state index in [-0.39, 0.29) is 0 Å². The number of benzene rings is 1. The van der Waals surface area contributed by atoms with E-state index in [0.29, 0.717) is 10.5 Å². The molecule has 1 atom stereocenters. The van der Waals surface area contributed by atoms with Gasteiger partial charge in [-0.15, -0.1) is 11.3 Å². The fourth-order valence-electron chi connectivity index (χ4n) is 1.29. The van der Waals surface area contributed by atoms with Gasteiger partial charge in [0.2, 0.25) is 0 Å². The number of hydrogen-bond acceptors (Lipinski definition) is 3. The third-order valence-electron chi connectivity index (χ3n) is 2.08. The van der Waals surface area contributed by atoms with Crippen molar-refractivity contribution >= 4 is 21.6 Å². The molecule has 2 aromatic rings. The van der Waals surface area contributed by atoms with Crippen molar-refractivity contribution < 1.29 is 18.3 Å². The van der Waals surface area contributed by atoms with Gasteiger partial charge in [-0.3, -0.25) is 0 Å². The lowest BCUT2D eigenvalue weighted by atomic mass is 10.2. The molecule has 0 saturated heterocycles. The average molecular weight is 247 g/mol. The highest BCUT2D eigenvalue weighted by Crippen LogP contribution is 2.27. The Bertz CT molecular complexity index is 461. The average Bonchev–Trinajstić information content (AvgIpc) is 2.58. The third kappa shape index (κ3) is 2.33. The lowest BCUT2D eigenvalue weighted by Gasteiger charge is -2.12. The van der Waals surface area contributed by atoms with Crippen LogP contribution < -0.4 is 0 Å². The fourth-order valence-corrected chi connectivity index (χ4v) is 2.29. The Hall–Kier alpha value is -1.14. The molecule has 0 aliphatic heterocycles. The lowest BCUT2D eigenvalue weighted by Crippen LogP contribution is -2.30. The number of aliphatic hydroxyl groups is 1. The van der Waals surface area contributed by atoms with E-state index in [0.717, 1.165) is 4.70 Å². The lowest BCUT2D eigenvalue weighted by molar-refractivity contribution is -0.203. The van der Waals surface area contributed by atoms with E-state index in [1.165, 1.54) is 11.3 Å². The molecule has 0 amide bonds. The van der Waals surface area contributed by atoms with Crippen molar-refractivity contribution in [3.05, 3.63) is 29.3 Å². The van der Waals surface area contributed by atoms with Crippen LogP contribution >= 0.6 is 11.3 Å². The van der Waals surface area contributed by atoms with Gasteiger partial charge in [-0.05, 0) is 12.1 Å². The molecular weight excluding hydrogens is 239 g/mol. The quantitative estimate of drug-likeness (QED) is 0.885. The number of fused-ring (bicyclic) bond motifs is 1. The highest BCUT2D eigenvalue weighted by Gasteiger charge is 2.38. The van der Waals surface area contributed by atoms with Crippen molar-refractivity contribution in [3.63, 3.8) is 0 Å². The summed E-state index contributed by atoms with van der Waals surface area (Å²) in [5, 5.41) is 9.20. The number of thiazole rings is 1. The Morgan fingerprint density at radius 3 is 2.62 bits per heavy atom. The van der Waals surface area contributed by atoms with Crippen LogP contribution in [0.1, 0.15) is 5.01 Å². The molecule has 0 aliphatic carbocycles. The van der Waals surface area contributed by atoms with Gasteiger partial charge in [0.1, 0.15) is 0 Å². The minimum Gasteiger partial charge on any atom is -0.383 e. The molecule has 0 bridgehead atoms. The molecular formula is C10H8F3NOS. The van der Waals surface area contributed by atoms with Crippen molar-refractivity contribution in [3.8, 4) is 0 Å². The monoisotopic (exact) mass is 247 g/mol. The molecule has 6 heteroatoms. The van der Waals surface area contributed by atoms with Gasteiger partial charge in [-0.2, -0.15) is 13.2 Å². The zero-order chi connectivity index (χ0) is 11.8. The molecule has 0 saturated carbocycles. The first-order chi connectivity index (χ1) is 7.47. The summed E-state index contributed by atoms with van der Waals surface area (Å²) in [6.45, 7) is 0. The van der Waals surface area contributed by atoms with Crippen molar-refractivity contribution in [1.29, 1.82) is 0 Å². The standard InChI is InChI=1S/C10H8F3NOS/c11-10(12,13)8(15)5-9-14-6-3-1-2-4-7(6)16-9/h1-4,8,15H,5H2. The van der Waals surface area contributed by atoms with Crippen molar-refractivity contribution in [2.75, 3.05) is 0 Å². The number of aliphatic hydroxyl groups excluding tert-OH is 1. The predicted octanol–water partition coefficient (Wildman–Crippen LogP) is 2.76. The highest BCUT2D eigenvalue weighted by molar-refractivity contribution is 7.18. The Labute approximate surface area is 93.4 Å². The van der Waals surface area contributed by atoms with Gasteiger partial charge >= 0.3 is 6.18 Å². The van der Waals surface area contributed by atoms with E-state index in [1.54, 1.807) is 24.3 Å². The summed E-state index contributed by atoms with van der Waals surface area (Å²) in [4.78, 5) is 4.02. The van der Waals surface area contributed by atoms with Gasteiger partial charge in [-0.1, -0.05) is 12.1 Å². The van der Waals surface area contributed by atoms with Gasteiger partial charge in [0.25, 0.3) is 0 Å². The molecule has 0 radical (unpaired) electrons. The maximum absolute atomic E-state index is 12.1. The number of hydrogen-bond donors (Lipinski definition) is 1. The summed E-state index contributed by atoms with van der Waals surface area (Å²) in [7, 11) is 0. The van der Waals surface area contributed by atoms with Gasteiger partial charge < -0.3 is 5.11 Å². The van der Waals surface area contributed by atoms with Gasteiger partial charge in [0.15, 0.2) is 6.10 Å². The summed E-state index contributed by atoms with van der Waals surface area (Å²) in [5.74, 6) is 0. The highest BCUT2D eigenvalue weighted by atomic mass is 32.1. The summed E-state index contributed by atoms with van der Waals surface area (Å²) < 4.78 is 37.2. The molecule has 0 spiro atoms. The number of nitrogens with zero attached hydrogens (tertiary/aromatic N) is 1. The van der Waals surface area contributed by atoms with Gasteiger partial charge in [0.05, 0.1) is 15.2 Å². The maximum Gasteiger partial charge on any atom is 0.414 e. The number of aromatic nitrogens is 1. The van der Waals surface area contributed by atoms with E-state index in [2.05, 4.69) is 4.98 Å². The molecule has 0 aliphatic rings. The number of alkyl halides is 3. The zero-order valence-corrected chi connectivity index (χ0v) is 8.85. The summed E-state index contributed by atoms with van der Waals surface area (Å²) in [6, 6.07) is 7.09. The zero-order valence-electron chi connectivity index (χ0n) is 8.03. The van der Waals surface area contributed by atoms with Crippen molar-refractivity contribution in [2.45, 2.75) is 18.7 Å². The maximum atomic E-state index is 12.1. The minimum absolute atomic E-state index is 0.297. The van der Waals surface area contributed by atoms with E-state index in [9.17, 15) is 13.2 Å². The molecule has 1 aromatic heterocycles. The Morgan fingerprint density at radius 2 is 2.00 bits per heavy atom. The Balaban J connectivity index is 2.22. The second-order valence-corrected chi connectivity index (χ2v) is 4.45. The molecule has 1 N–H and O–H groups in total. The topological polar surface area (TPSA) is 33.1 Å². The Kier molecular flexibility index (Phi) is 2.86. The normalized spacial score (nSPS) is 14.2. The first-order valence-corrected chi connectivity index (χ1v) is 5.37. The van der Waals surface area contributed by atoms with E-state index < -0.39 is 18.7 Å². The van der Waals surface area contributed by atoms with Gasteiger partial charge in [-0.25, -0.2) is 4.98 Å². The smallest absolute Gasteiger partial charge is 0.383 e. The Morgan fingerprint density at radius 1 is 1.31 bits per heavy atom. The molecule has 1 unspecified atom stereocenters. The predicted molar refractivity (Wildman–Crippen MR) is 55.4 cm³/mol. The molecule has 86 valence electrons. The molecule has 1 heterocycles. The van der Waals surface area contributed by atoms with Crippen LogP contribution in [0, 0.1) is 0 Å². The van der Waals surface area contributed by atoms with E-state index >= 15 is 0 Å². The molecule has 1 aromatic carbocycles. The van der Waals surface area contributed by atoms with Crippen LogP contribution in [0.4, 0.5) is 13.2 Å². The van der Waals surface area contributed by atoms with E-state index in [4.69, 9.17) is 5.11 Å². The van der Waals surface area contributed by atoms with Crippen LogP contribution in [0.3, 0.4) is 0 Å². The second kappa shape index (κ2) is 4.03. The molecule has 0 fully saturated rings. The number of halogens is 3. The van der Waals surface area contributed by atoms with Gasteiger partial charge in [0, 0.05) is 6.42 Å². The van der Waals surface area contributed by atoms with Crippen molar-refractivity contribution in [1.82, 2.24) is 4.98 Å². The molecule has 16 heavy (non-hydrogen) atoms. The minimum atomic E-state index is -4.59. The largest absolute Gasteiger partial charge is 0.414 e. The summed E-state index contributed by atoms with van der Waals surface area (Å²) in [5.41, 5.74) is 0.664. The fraction of sp³-hybridized carbons (Fsp3) is 0.300. The van der Waals surface area contributed by atoms with Crippen LogP contribution in [0.2, 0.25) is 0 Å². The summed E-state index contributed by atoms with van der Waals surface area (Å²) >= 11 is 1.17. The molecule has 2 nitrogen and oxygen atoms in total. The first-order valence-electron chi connectivity index (χ1n) is 4.56. The van der Waals surface area contributed by atoms with Crippen LogP contribution in [0.5, 0.6) is 0 Å². The number of para-hydroxylation sites is 1. The second-order valence-electron chi connectivity index (χ2n) is 3.34. The van der Waals surface area contributed by atoms with E-state index in [1.807, 2.05) is 0 Å². The first kappa shape index (κ1) is 11.3. The SMILES string of the molecule is OC(Cc1nc2ccccc2s1)C(F)(F)F. The van der Waals surface area contributed by atoms with Crippen LogP contribution in [0.25, 0.3) is 10.2 Å².